The van der Waals surface area contributed by atoms with Gasteiger partial charge in [-0.05, 0) is 32.5 Å². The summed E-state index contributed by atoms with van der Waals surface area (Å²) in [6.07, 6.45) is 1.46. The van der Waals surface area contributed by atoms with E-state index >= 15 is 0 Å². The summed E-state index contributed by atoms with van der Waals surface area (Å²) >= 11 is 0. The second kappa shape index (κ2) is 9.91. The van der Waals surface area contributed by atoms with Crippen LogP contribution in [0.2, 0.25) is 0 Å². The minimum atomic E-state index is -3.09. The number of rotatable bonds is 6. The number of nitro benzene ring substituents is 1. The van der Waals surface area contributed by atoms with Crippen LogP contribution in [0.1, 0.15) is 42.7 Å². The maximum absolute atomic E-state index is 14.2. The number of primary amides is 1. The van der Waals surface area contributed by atoms with E-state index in [1.165, 1.54) is 25.1 Å². The van der Waals surface area contributed by atoms with Crippen LogP contribution in [0.25, 0.3) is 5.76 Å². The number of aromatic hydroxyl groups is 1. The summed E-state index contributed by atoms with van der Waals surface area (Å²) in [6, 6.07) is 0.825. The number of phenols is 1. The van der Waals surface area contributed by atoms with Gasteiger partial charge in [-0.2, -0.15) is 0 Å². The number of fused-ring (bicyclic) bond motifs is 3. The maximum atomic E-state index is 14.2. The van der Waals surface area contributed by atoms with Crippen molar-refractivity contribution in [2.45, 2.75) is 55.5 Å². The van der Waals surface area contributed by atoms with Gasteiger partial charge in [-0.1, -0.05) is 18.9 Å². The number of ketones is 2. The fraction of sp³-hybridized carbons (Fsp3) is 0.519. The third-order valence-electron chi connectivity index (χ3n) is 8.92. The molecule has 0 heterocycles. The average Bonchev–Trinajstić information content (AvgIpc) is 3.41. The Morgan fingerprint density at radius 3 is 2.39 bits per heavy atom. The van der Waals surface area contributed by atoms with Crippen LogP contribution >= 0.6 is 0 Å². The molecule has 2 fully saturated rings. The number of nitrogens with two attached hydrogens (primary N) is 1. The van der Waals surface area contributed by atoms with Crippen molar-refractivity contribution in [1.29, 1.82) is 0 Å². The highest BCUT2D eigenvalue weighted by molar-refractivity contribution is 6.24. The van der Waals surface area contributed by atoms with E-state index in [1.807, 2.05) is 0 Å². The number of nitrogens with zero attached hydrogens (tertiary/aromatic N) is 2. The van der Waals surface area contributed by atoms with Crippen LogP contribution < -0.4 is 5.73 Å². The monoisotopic (exact) mass is 573 g/mol. The molecule has 1 aromatic carbocycles. The van der Waals surface area contributed by atoms with E-state index in [4.69, 9.17) is 10.5 Å². The van der Waals surface area contributed by atoms with Gasteiger partial charge in [-0.25, -0.2) is 0 Å². The minimum Gasteiger partial charge on any atom is -0.508 e. The molecule has 0 bridgehead atoms. The summed E-state index contributed by atoms with van der Waals surface area (Å²) in [6.45, 7) is -0.138. The quantitative estimate of drug-likeness (QED) is 0.154. The van der Waals surface area contributed by atoms with Crippen LogP contribution in [0, 0.1) is 22.0 Å². The number of Topliss-reactive ketones (excluding diaryl/α,β-unsaturated/α-hetero) is 2. The minimum absolute atomic E-state index is 0.138. The summed E-state index contributed by atoms with van der Waals surface area (Å²) in [7, 11) is 2.83. The third-order valence-corrected chi connectivity index (χ3v) is 8.92. The maximum Gasteiger partial charge on any atom is 0.311 e. The molecule has 0 aromatic heterocycles. The zero-order valence-corrected chi connectivity index (χ0v) is 22.3. The van der Waals surface area contributed by atoms with Crippen LogP contribution in [0.5, 0.6) is 5.75 Å². The molecule has 41 heavy (non-hydrogen) atoms. The van der Waals surface area contributed by atoms with Gasteiger partial charge >= 0.3 is 5.69 Å². The number of hydrogen-bond acceptors (Lipinski definition) is 12. The third kappa shape index (κ3) is 3.96. The summed E-state index contributed by atoms with van der Waals surface area (Å²) in [5, 5.41) is 68.5. The van der Waals surface area contributed by atoms with Gasteiger partial charge in [0.05, 0.1) is 41.3 Å². The Kier molecular flexibility index (Phi) is 6.93. The Bertz CT molecular complexity index is 1430. The SMILES string of the molecule is CN(C)[C@H]1C(=O)C(C(N)=O)=C(O)[C@@]2(O)C(=O)C3=C(O)c4c(ccc([N+](=O)[O-])c4O)[C@@H](COC4CCCC4)[C@@H]3[C@H](O)[C@H]12. The fourth-order valence-electron chi connectivity index (χ4n) is 7.06. The van der Waals surface area contributed by atoms with Crippen molar-refractivity contribution in [3.63, 3.8) is 0 Å². The number of hydrogen-bond donors (Lipinski definition) is 6. The number of aliphatic hydroxyl groups excluding tert-OH is 3. The first kappa shape index (κ1) is 28.7. The summed E-state index contributed by atoms with van der Waals surface area (Å²) in [5.74, 6) is -11.1. The van der Waals surface area contributed by atoms with E-state index in [2.05, 4.69) is 0 Å². The number of phenolic OH excluding ortho intramolecular Hbond substituents is 1. The molecule has 14 nitrogen and oxygen atoms in total. The van der Waals surface area contributed by atoms with E-state index in [0.717, 1.165) is 31.7 Å². The Labute approximate surface area is 233 Å². The van der Waals surface area contributed by atoms with E-state index in [0.29, 0.717) is 0 Å². The van der Waals surface area contributed by atoms with Crippen molar-refractivity contribution >= 4 is 28.9 Å². The lowest BCUT2D eigenvalue weighted by Gasteiger charge is -2.54. The molecule has 1 aromatic rings. The molecule has 6 atom stereocenters. The zero-order valence-electron chi connectivity index (χ0n) is 22.3. The molecule has 4 aliphatic carbocycles. The van der Waals surface area contributed by atoms with Crippen molar-refractivity contribution in [3.8, 4) is 5.75 Å². The molecule has 4 aliphatic rings. The molecule has 0 saturated heterocycles. The number of likely N-dealkylation sites (N-methyl/N-ethyl adjacent to an activating group) is 1. The summed E-state index contributed by atoms with van der Waals surface area (Å²) in [5.41, 5.74) is -0.501. The molecule has 1 amide bonds. The van der Waals surface area contributed by atoms with E-state index in [9.17, 15) is 50.0 Å². The second-order valence-electron chi connectivity index (χ2n) is 11.3. The van der Waals surface area contributed by atoms with Crippen LogP contribution in [-0.4, -0.2) is 97.4 Å². The number of amides is 1. The molecular formula is C27H31N3O11. The first-order chi connectivity index (χ1) is 19.2. The highest BCUT2D eigenvalue weighted by Gasteiger charge is 2.68. The molecule has 0 unspecified atom stereocenters. The van der Waals surface area contributed by atoms with Gasteiger partial charge in [0.25, 0.3) is 5.91 Å². The van der Waals surface area contributed by atoms with Crippen molar-refractivity contribution < 1.29 is 49.6 Å². The highest BCUT2D eigenvalue weighted by atomic mass is 16.6. The first-order valence-electron chi connectivity index (χ1n) is 13.2. The predicted octanol–water partition coefficient (Wildman–Crippen LogP) is 0.343. The highest BCUT2D eigenvalue weighted by Crippen LogP contribution is 2.57. The Balaban J connectivity index is 1.77. The van der Waals surface area contributed by atoms with Gasteiger partial charge in [0.15, 0.2) is 11.4 Å². The van der Waals surface area contributed by atoms with Crippen molar-refractivity contribution in [2.75, 3.05) is 20.7 Å². The fourth-order valence-corrected chi connectivity index (χ4v) is 7.06. The normalized spacial score (nSPS) is 31.8. The standard InChI is InChI=1S/C27H31N3O11/c1-29(2)19-18-22(33)14-12(9-41-10-5-3-4-6-10)11-7-8-13(30(39)40)20(31)15(11)21(32)16(14)24(35)27(18,38)25(36)17(23(19)34)26(28)37/h7-8,10,12,14,18-19,22,31-33,36,38H,3-6,9H2,1-2H3,(H2,28,37)/t12-,14+,18+,19-,22+,27+/m1/s1. The zero-order chi connectivity index (χ0) is 30.1. The van der Waals surface area contributed by atoms with Gasteiger partial charge in [-0.3, -0.25) is 29.4 Å². The Morgan fingerprint density at radius 2 is 1.83 bits per heavy atom. The van der Waals surface area contributed by atoms with Crippen LogP contribution in [0.4, 0.5) is 5.69 Å². The summed E-state index contributed by atoms with van der Waals surface area (Å²) < 4.78 is 6.11. The van der Waals surface area contributed by atoms with E-state index < -0.39 is 97.6 Å². The van der Waals surface area contributed by atoms with Crippen LogP contribution in [0.15, 0.2) is 29.0 Å². The average molecular weight is 574 g/mol. The Hall–Kier alpha value is -3.85. The molecule has 220 valence electrons. The van der Waals surface area contributed by atoms with Gasteiger partial charge in [0, 0.05) is 23.5 Å². The lowest BCUT2D eigenvalue weighted by atomic mass is 9.54. The van der Waals surface area contributed by atoms with E-state index in [-0.39, 0.29) is 18.3 Å². The molecule has 0 aliphatic heterocycles. The van der Waals surface area contributed by atoms with Crippen molar-refractivity contribution in [3.05, 3.63) is 50.3 Å². The van der Waals surface area contributed by atoms with Crippen LogP contribution in [-0.2, 0) is 19.1 Å². The smallest absolute Gasteiger partial charge is 0.311 e. The number of carbonyl (C=O) groups is 3. The number of benzene rings is 1. The molecule has 14 heteroatoms. The lowest BCUT2D eigenvalue weighted by molar-refractivity contribution is -0.385. The van der Waals surface area contributed by atoms with Gasteiger partial charge in [-0.15, -0.1) is 0 Å². The van der Waals surface area contributed by atoms with Crippen molar-refractivity contribution in [1.82, 2.24) is 4.90 Å². The number of ether oxygens (including phenoxy) is 1. The Morgan fingerprint density at radius 1 is 1.20 bits per heavy atom. The number of carbonyl (C=O) groups excluding carboxylic acids is 3. The number of aliphatic hydroxyl groups is 4. The molecule has 0 spiro atoms. The van der Waals surface area contributed by atoms with Gasteiger partial charge in [0.2, 0.25) is 11.5 Å². The molecule has 5 rings (SSSR count). The molecule has 7 N–H and O–H groups in total. The predicted molar refractivity (Wildman–Crippen MR) is 140 cm³/mol. The second-order valence-corrected chi connectivity index (χ2v) is 11.3. The molecule has 2 saturated carbocycles. The largest absolute Gasteiger partial charge is 0.508 e. The van der Waals surface area contributed by atoms with Crippen molar-refractivity contribution in [2.24, 2.45) is 17.6 Å². The summed E-state index contributed by atoms with van der Waals surface area (Å²) in [4.78, 5) is 51.6. The first-order valence-corrected chi connectivity index (χ1v) is 13.2. The van der Waals surface area contributed by atoms with E-state index in [1.54, 1.807) is 0 Å². The van der Waals surface area contributed by atoms with Crippen LogP contribution in [0.3, 0.4) is 0 Å². The topological polar surface area (TPSA) is 234 Å². The number of nitro groups is 1. The van der Waals surface area contributed by atoms with Gasteiger partial charge in [0.1, 0.15) is 17.1 Å². The molecular weight excluding hydrogens is 542 g/mol. The molecule has 0 radical (unpaired) electrons. The lowest BCUT2D eigenvalue weighted by Crippen LogP contribution is -2.70. The van der Waals surface area contributed by atoms with Gasteiger partial charge < -0.3 is 36.0 Å².